The Morgan fingerprint density at radius 3 is 2.60 bits per heavy atom. The third-order valence-electron chi connectivity index (χ3n) is 5.64. The highest BCUT2D eigenvalue weighted by Crippen LogP contribution is 2.29. The molecule has 0 aliphatic carbocycles. The zero-order chi connectivity index (χ0) is 20.9. The fraction of sp³-hybridized carbons (Fsp3) is 0.320. The lowest BCUT2D eigenvalue weighted by Gasteiger charge is -2.21. The number of nitriles is 1. The molecular weight excluding hydrogens is 372 g/mol. The zero-order valence-corrected chi connectivity index (χ0v) is 17.3. The number of rotatable bonds is 5. The van der Waals surface area contributed by atoms with Crippen molar-refractivity contribution in [1.29, 1.82) is 5.26 Å². The minimum atomic E-state index is -0.125. The molecule has 2 heterocycles. The molecule has 5 nitrogen and oxygen atoms in total. The van der Waals surface area contributed by atoms with Gasteiger partial charge in [-0.05, 0) is 38.3 Å². The number of amides is 1. The van der Waals surface area contributed by atoms with E-state index in [-0.39, 0.29) is 12.3 Å². The van der Waals surface area contributed by atoms with E-state index in [1.807, 2.05) is 30.3 Å². The normalized spacial score (nSPS) is 13.2. The Kier molecular flexibility index (Phi) is 5.94. The van der Waals surface area contributed by atoms with Crippen LogP contribution in [0.3, 0.4) is 0 Å². The maximum Gasteiger partial charge on any atom is 0.278 e. The average molecular weight is 399 g/mol. The van der Waals surface area contributed by atoms with Crippen LogP contribution in [0.15, 0.2) is 54.6 Å². The van der Waals surface area contributed by atoms with E-state index in [4.69, 9.17) is 10.2 Å². The van der Waals surface area contributed by atoms with Gasteiger partial charge < -0.3 is 9.47 Å². The molecule has 3 aromatic rings. The number of carbonyl (C=O) groups excluding carboxylic acids is 1. The predicted octanol–water partition coefficient (Wildman–Crippen LogP) is 5.15. The van der Waals surface area contributed by atoms with Gasteiger partial charge in [0.05, 0.1) is 18.2 Å². The van der Waals surface area contributed by atoms with Gasteiger partial charge in [0.2, 0.25) is 0 Å². The second-order valence-electron chi connectivity index (χ2n) is 7.76. The maximum atomic E-state index is 13.7. The number of benzene rings is 2. The molecule has 30 heavy (non-hydrogen) atoms. The van der Waals surface area contributed by atoms with Crippen molar-refractivity contribution in [2.75, 3.05) is 11.4 Å². The van der Waals surface area contributed by atoms with Gasteiger partial charge in [-0.15, -0.1) is 0 Å². The maximum absolute atomic E-state index is 13.7. The molecule has 152 valence electrons. The standard InChI is InChI=1S/C25H26N4O/c1-19-12-14-20(15-13-19)24-27-23(22-11-6-3-7-17-29(22)24)25(30)28(18-8-16-26)21-9-4-2-5-10-21/h2,4-5,9-10,12-15H,3,6-8,11,17-18H2,1H3. The SMILES string of the molecule is Cc1ccc(-c2nc(C(=O)N(CCC#N)c3ccccc3)c3n2CCCCC3)cc1. The predicted molar refractivity (Wildman–Crippen MR) is 118 cm³/mol. The monoisotopic (exact) mass is 398 g/mol. The van der Waals surface area contributed by atoms with E-state index in [2.05, 4.69) is 41.8 Å². The number of aromatic nitrogens is 2. The van der Waals surface area contributed by atoms with Gasteiger partial charge in [0.1, 0.15) is 5.82 Å². The molecule has 0 atom stereocenters. The van der Waals surface area contributed by atoms with Crippen LogP contribution in [0.25, 0.3) is 11.4 Å². The molecule has 0 fully saturated rings. The molecular formula is C25H26N4O. The molecule has 0 saturated heterocycles. The Morgan fingerprint density at radius 2 is 1.87 bits per heavy atom. The third kappa shape index (κ3) is 3.99. The van der Waals surface area contributed by atoms with Gasteiger partial charge in [-0.1, -0.05) is 54.4 Å². The van der Waals surface area contributed by atoms with Crippen LogP contribution in [0.5, 0.6) is 0 Å². The van der Waals surface area contributed by atoms with E-state index < -0.39 is 0 Å². The first-order valence-corrected chi connectivity index (χ1v) is 10.6. The van der Waals surface area contributed by atoms with E-state index in [1.54, 1.807) is 4.90 Å². The van der Waals surface area contributed by atoms with Crippen LogP contribution in [0, 0.1) is 18.3 Å². The summed E-state index contributed by atoms with van der Waals surface area (Å²) in [5.74, 6) is 0.740. The van der Waals surface area contributed by atoms with Crippen LogP contribution in [-0.2, 0) is 13.0 Å². The van der Waals surface area contributed by atoms with Crippen molar-refractivity contribution in [2.45, 2.75) is 45.6 Å². The molecule has 0 N–H and O–H groups in total. The Balaban J connectivity index is 1.79. The summed E-state index contributed by atoms with van der Waals surface area (Å²) >= 11 is 0. The highest BCUT2D eigenvalue weighted by molar-refractivity contribution is 6.06. The summed E-state index contributed by atoms with van der Waals surface area (Å²) in [6.45, 7) is 3.30. The smallest absolute Gasteiger partial charge is 0.278 e. The van der Waals surface area contributed by atoms with Crippen molar-refractivity contribution < 1.29 is 4.79 Å². The van der Waals surface area contributed by atoms with Crippen LogP contribution in [0.4, 0.5) is 5.69 Å². The van der Waals surface area contributed by atoms with Gasteiger partial charge in [0.15, 0.2) is 5.69 Å². The Labute approximate surface area is 177 Å². The van der Waals surface area contributed by atoms with Crippen molar-refractivity contribution in [3.05, 3.63) is 71.5 Å². The van der Waals surface area contributed by atoms with Gasteiger partial charge in [0.25, 0.3) is 5.91 Å². The van der Waals surface area contributed by atoms with Crippen LogP contribution >= 0.6 is 0 Å². The molecule has 4 rings (SSSR count). The first-order valence-electron chi connectivity index (χ1n) is 10.6. The fourth-order valence-corrected chi connectivity index (χ4v) is 4.06. The number of hydrogen-bond donors (Lipinski definition) is 0. The highest BCUT2D eigenvalue weighted by Gasteiger charge is 2.28. The molecule has 1 aliphatic rings. The van der Waals surface area contributed by atoms with Crippen molar-refractivity contribution in [3.8, 4) is 17.5 Å². The first-order chi connectivity index (χ1) is 14.7. The number of fused-ring (bicyclic) bond motifs is 1. The van der Waals surface area contributed by atoms with Crippen LogP contribution in [-0.4, -0.2) is 22.0 Å². The Morgan fingerprint density at radius 1 is 1.10 bits per heavy atom. The Hall–Kier alpha value is -3.39. The van der Waals surface area contributed by atoms with E-state index in [0.29, 0.717) is 12.2 Å². The molecule has 1 aliphatic heterocycles. The third-order valence-corrected chi connectivity index (χ3v) is 5.64. The lowest BCUT2D eigenvalue weighted by molar-refractivity contribution is 0.0982. The molecule has 2 aromatic carbocycles. The minimum Gasteiger partial charge on any atom is -0.327 e. The quantitative estimate of drug-likeness (QED) is 0.597. The first kappa shape index (κ1) is 19.9. The molecule has 0 saturated carbocycles. The van der Waals surface area contributed by atoms with E-state index in [0.717, 1.165) is 55.0 Å². The summed E-state index contributed by atoms with van der Waals surface area (Å²) < 4.78 is 2.23. The van der Waals surface area contributed by atoms with Crippen LogP contribution < -0.4 is 4.90 Å². The molecule has 0 unspecified atom stereocenters. The minimum absolute atomic E-state index is 0.125. The molecule has 0 radical (unpaired) electrons. The molecule has 0 bridgehead atoms. The fourth-order valence-electron chi connectivity index (χ4n) is 4.06. The summed E-state index contributed by atoms with van der Waals surface area (Å²) in [5, 5.41) is 9.11. The number of hydrogen-bond acceptors (Lipinski definition) is 3. The zero-order valence-electron chi connectivity index (χ0n) is 17.3. The van der Waals surface area contributed by atoms with E-state index in [1.165, 1.54) is 5.56 Å². The van der Waals surface area contributed by atoms with Gasteiger partial charge >= 0.3 is 0 Å². The second kappa shape index (κ2) is 8.96. The summed E-state index contributed by atoms with van der Waals surface area (Å²) in [7, 11) is 0. The van der Waals surface area contributed by atoms with E-state index >= 15 is 0 Å². The molecule has 1 aromatic heterocycles. The lowest BCUT2D eigenvalue weighted by Crippen LogP contribution is -2.33. The van der Waals surface area contributed by atoms with Gasteiger partial charge in [-0.3, -0.25) is 4.79 Å². The summed E-state index contributed by atoms with van der Waals surface area (Å²) in [6, 6.07) is 20.0. The number of nitrogens with zero attached hydrogens (tertiary/aromatic N) is 4. The highest BCUT2D eigenvalue weighted by atomic mass is 16.2. The number of aryl methyl sites for hydroxylation is 1. The van der Waals surface area contributed by atoms with Crippen LogP contribution in [0.2, 0.25) is 0 Å². The van der Waals surface area contributed by atoms with Gasteiger partial charge in [0, 0.05) is 24.3 Å². The number of carbonyl (C=O) groups is 1. The summed E-state index contributed by atoms with van der Waals surface area (Å²) in [6.07, 6.45) is 4.43. The van der Waals surface area contributed by atoms with Crippen molar-refractivity contribution in [2.24, 2.45) is 0 Å². The Bertz CT molecular complexity index is 1060. The molecule has 0 spiro atoms. The van der Waals surface area contributed by atoms with Crippen molar-refractivity contribution >= 4 is 11.6 Å². The summed E-state index contributed by atoms with van der Waals surface area (Å²) in [4.78, 5) is 20.2. The number of imidazole rings is 1. The van der Waals surface area contributed by atoms with Crippen molar-refractivity contribution in [1.82, 2.24) is 9.55 Å². The van der Waals surface area contributed by atoms with Gasteiger partial charge in [-0.25, -0.2) is 4.98 Å². The molecule has 1 amide bonds. The topological polar surface area (TPSA) is 61.9 Å². The average Bonchev–Trinajstić information content (AvgIpc) is 2.96. The summed E-state index contributed by atoms with van der Waals surface area (Å²) in [5.41, 5.74) is 4.57. The second-order valence-corrected chi connectivity index (χ2v) is 7.76. The molecule has 5 heteroatoms. The number of anilines is 1. The van der Waals surface area contributed by atoms with Gasteiger partial charge in [-0.2, -0.15) is 5.26 Å². The van der Waals surface area contributed by atoms with Crippen molar-refractivity contribution in [3.63, 3.8) is 0 Å². The van der Waals surface area contributed by atoms with Crippen LogP contribution in [0.1, 0.15) is 47.4 Å². The number of para-hydroxylation sites is 1. The lowest BCUT2D eigenvalue weighted by atomic mass is 10.1. The largest absolute Gasteiger partial charge is 0.327 e. The van der Waals surface area contributed by atoms with E-state index in [9.17, 15) is 4.79 Å².